The minimum Gasteiger partial charge on any atom is -0.418 e. The first-order valence-corrected chi connectivity index (χ1v) is 7.10. The predicted molar refractivity (Wildman–Crippen MR) is 48.9 cm³/mol. The molecule has 0 amide bonds. The van der Waals surface area contributed by atoms with Gasteiger partial charge >= 0.3 is 0 Å². The lowest BCUT2D eigenvalue weighted by molar-refractivity contribution is 0.211. The lowest BCUT2D eigenvalue weighted by Gasteiger charge is -2.14. The molecule has 0 heterocycles. The van der Waals surface area contributed by atoms with E-state index in [0.717, 1.165) is 0 Å². The van der Waals surface area contributed by atoms with E-state index in [-0.39, 0.29) is 0 Å². The Balaban J connectivity index is 3.16. The van der Waals surface area contributed by atoms with E-state index < -0.39 is 9.04 Å². The molecule has 0 saturated carbocycles. The molecule has 2 heteroatoms. The molecular weight excluding hydrogens is 140 g/mol. The molecular formula is C8H20OSi. The van der Waals surface area contributed by atoms with Crippen molar-refractivity contribution in [2.75, 3.05) is 0 Å². The van der Waals surface area contributed by atoms with Gasteiger partial charge in [-0.1, -0.05) is 19.8 Å². The molecule has 1 nitrogen and oxygen atoms in total. The summed E-state index contributed by atoms with van der Waals surface area (Å²) in [4.78, 5) is 0. The van der Waals surface area contributed by atoms with E-state index in [1.54, 1.807) is 0 Å². The van der Waals surface area contributed by atoms with Crippen molar-refractivity contribution >= 4 is 9.04 Å². The molecule has 0 radical (unpaired) electrons. The van der Waals surface area contributed by atoms with E-state index in [1.807, 2.05) is 0 Å². The van der Waals surface area contributed by atoms with Gasteiger partial charge < -0.3 is 4.43 Å². The lowest BCUT2D eigenvalue weighted by atomic mass is 10.2. The summed E-state index contributed by atoms with van der Waals surface area (Å²) < 4.78 is 5.69. The summed E-state index contributed by atoms with van der Waals surface area (Å²) in [5.74, 6) is 0. The lowest BCUT2D eigenvalue weighted by Crippen LogP contribution is -2.17. The van der Waals surface area contributed by atoms with Gasteiger partial charge in [-0.25, -0.2) is 0 Å². The summed E-state index contributed by atoms with van der Waals surface area (Å²) in [6.07, 6.45) is 4.34. The van der Waals surface area contributed by atoms with Gasteiger partial charge in [-0.3, -0.25) is 0 Å². The zero-order valence-electron chi connectivity index (χ0n) is 7.68. The third-order valence-corrected chi connectivity index (χ3v) is 2.48. The highest BCUT2D eigenvalue weighted by Crippen LogP contribution is 2.04. The number of hydrogen-bond acceptors (Lipinski definition) is 1. The highest BCUT2D eigenvalue weighted by Gasteiger charge is 2.03. The standard InChI is InChI=1S/C8H20OSi/c1-5-6-7-8(2)9-10(3)4/h8,10H,5-7H2,1-4H3. The van der Waals surface area contributed by atoms with Gasteiger partial charge in [-0.2, -0.15) is 0 Å². The Morgan fingerprint density at radius 3 is 2.40 bits per heavy atom. The van der Waals surface area contributed by atoms with Crippen LogP contribution in [0.3, 0.4) is 0 Å². The second-order valence-electron chi connectivity index (χ2n) is 3.14. The molecule has 0 aliphatic carbocycles. The maximum absolute atomic E-state index is 5.69. The van der Waals surface area contributed by atoms with Crippen LogP contribution in [0.25, 0.3) is 0 Å². The molecule has 0 bridgehead atoms. The average molecular weight is 160 g/mol. The summed E-state index contributed by atoms with van der Waals surface area (Å²) >= 11 is 0. The van der Waals surface area contributed by atoms with E-state index in [1.165, 1.54) is 19.3 Å². The Labute approximate surface area is 66.5 Å². The molecule has 0 fully saturated rings. The Morgan fingerprint density at radius 1 is 1.40 bits per heavy atom. The van der Waals surface area contributed by atoms with E-state index in [0.29, 0.717) is 6.10 Å². The maximum atomic E-state index is 5.69. The summed E-state index contributed by atoms with van der Waals surface area (Å²) in [5.41, 5.74) is 0. The van der Waals surface area contributed by atoms with Gasteiger partial charge in [0.25, 0.3) is 0 Å². The molecule has 0 spiro atoms. The molecule has 1 atom stereocenters. The molecule has 0 saturated heterocycles. The maximum Gasteiger partial charge on any atom is 0.171 e. The third-order valence-electron chi connectivity index (χ3n) is 1.47. The smallest absolute Gasteiger partial charge is 0.171 e. The van der Waals surface area contributed by atoms with Crippen LogP contribution >= 0.6 is 0 Å². The van der Waals surface area contributed by atoms with Crippen LogP contribution in [-0.4, -0.2) is 15.1 Å². The van der Waals surface area contributed by atoms with Crippen molar-refractivity contribution in [1.29, 1.82) is 0 Å². The minimum absolute atomic E-state index is 0.506. The summed E-state index contributed by atoms with van der Waals surface area (Å²) in [6, 6.07) is 0. The monoisotopic (exact) mass is 160 g/mol. The highest BCUT2D eigenvalue weighted by molar-refractivity contribution is 6.48. The van der Waals surface area contributed by atoms with Gasteiger partial charge in [0.15, 0.2) is 9.04 Å². The van der Waals surface area contributed by atoms with Gasteiger partial charge in [-0.05, 0) is 26.4 Å². The summed E-state index contributed by atoms with van der Waals surface area (Å²) in [5, 5.41) is 0. The molecule has 0 aromatic carbocycles. The summed E-state index contributed by atoms with van der Waals surface area (Å²) in [7, 11) is -0.771. The molecule has 10 heavy (non-hydrogen) atoms. The van der Waals surface area contributed by atoms with Crippen LogP contribution in [-0.2, 0) is 4.43 Å². The second kappa shape index (κ2) is 5.92. The Morgan fingerprint density at radius 2 is 2.00 bits per heavy atom. The molecule has 0 aromatic heterocycles. The van der Waals surface area contributed by atoms with Crippen LogP contribution in [0, 0.1) is 0 Å². The zero-order chi connectivity index (χ0) is 7.98. The third kappa shape index (κ3) is 6.30. The van der Waals surface area contributed by atoms with Crippen molar-refractivity contribution in [3.63, 3.8) is 0 Å². The number of hydrogen-bond donors (Lipinski definition) is 0. The molecule has 0 aliphatic rings. The van der Waals surface area contributed by atoms with Gasteiger partial charge in [-0.15, -0.1) is 0 Å². The quantitative estimate of drug-likeness (QED) is 0.562. The van der Waals surface area contributed by atoms with Gasteiger partial charge in [0.05, 0.1) is 0 Å². The fourth-order valence-electron chi connectivity index (χ4n) is 1.02. The van der Waals surface area contributed by atoms with Crippen molar-refractivity contribution in [3.05, 3.63) is 0 Å². The first kappa shape index (κ1) is 10.2. The minimum atomic E-state index is -0.771. The van der Waals surface area contributed by atoms with Gasteiger partial charge in [0, 0.05) is 6.10 Å². The van der Waals surface area contributed by atoms with Crippen molar-refractivity contribution in [2.45, 2.75) is 52.3 Å². The number of rotatable bonds is 5. The van der Waals surface area contributed by atoms with Gasteiger partial charge in [0.1, 0.15) is 0 Å². The van der Waals surface area contributed by atoms with Crippen molar-refractivity contribution in [2.24, 2.45) is 0 Å². The van der Waals surface area contributed by atoms with Crippen LogP contribution in [0.4, 0.5) is 0 Å². The second-order valence-corrected chi connectivity index (χ2v) is 5.51. The van der Waals surface area contributed by atoms with Crippen molar-refractivity contribution < 1.29 is 4.43 Å². The first-order chi connectivity index (χ1) is 4.66. The van der Waals surface area contributed by atoms with Crippen LogP contribution in [0.2, 0.25) is 13.1 Å². The van der Waals surface area contributed by atoms with Crippen molar-refractivity contribution in [3.8, 4) is 0 Å². The molecule has 0 N–H and O–H groups in total. The SMILES string of the molecule is CCCCC(C)O[SiH](C)C. The fraction of sp³-hybridized carbons (Fsp3) is 1.00. The molecule has 0 aromatic rings. The number of unbranched alkanes of at least 4 members (excludes halogenated alkanes) is 1. The van der Waals surface area contributed by atoms with Crippen molar-refractivity contribution in [1.82, 2.24) is 0 Å². The van der Waals surface area contributed by atoms with E-state index >= 15 is 0 Å². The molecule has 1 unspecified atom stereocenters. The Hall–Kier alpha value is 0.177. The highest BCUT2D eigenvalue weighted by atomic mass is 28.3. The predicted octanol–water partition coefficient (Wildman–Crippen LogP) is 2.57. The Bertz CT molecular complexity index is 73.7. The molecule has 62 valence electrons. The first-order valence-electron chi connectivity index (χ1n) is 4.32. The zero-order valence-corrected chi connectivity index (χ0v) is 8.84. The summed E-state index contributed by atoms with van der Waals surface area (Å²) in [6.45, 7) is 8.85. The average Bonchev–Trinajstić information content (AvgIpc) is 1.82. The van der Waals surface area contributed by atoms with E-state index in [4.69, 9.17) is 4.43 Å². The largest absolute Gasteiger partial charge is 0.418 e. The molecule has 0 rings (SSSR count). The van der Waals surface area contributed by atoms with Crippen LogP contribution < -0.4 is 0 Å². The van der Waals surface area contributed by atoms with Gasteiger partial charge in [0.2, 0.25) is 0 Å². The normalized spacial score (nSPS) is 14.1. The molecule has 0 aliphatic heterocycles. The Kier molecular flexibility index (Phi) is 6.03. The van der Waals surface area contributed by atoms with E-state index in [2.05, 4.69) is 26.9 Å². The topological polar surface area (TPSA) is 9.23 Å². The van der Waals surface area contributed by atoms with Crippen LogP contribution in [0.1, 0.15) is 33.1 Å². The fourth-order valence-corrected chi connectivity index (χ4v) is 2.09. The van der Waals surface area contributed by atoms with Crippen LogP contribution in [0.15, 0.2) is 0 Å². The van der Waals surface area contributed by atoms with Crippen LogP contribution in [0.5, 0.6) is 0 Å². The van der Waals surface area contributed by atoms with E-state index in [9.17, 15) is 0 Å².